The molecule has 1 aliphatic heterocycles. The lowest BCUT2D eigenvalue weighted by Crippen LogP contribution is -2.33. The first-order valence-corrected chi connectivity index (χ1v) is 9.38. The molecule has 28 heavy (non-hydrogen) atoms. The number of cyclic esters (lactones) is 1. The molecule has 1 fully saturated rings. The number of anilines is 2. The Hall–Kier alpha value is -2.87. The number of carbonyl (C=O) groups excluding carboxylic acids is 2. The van der Waals surface area contributed by atoms with Gasteiger partial charge in [-0.15, -0.1) is 0 Å². The summed E-state index contributed by atoms with van der Waals surface area (Å²) in [5.41, 5.74) is 7.97. The minimum absolute atomic E-state index is 0.206. The molecule has 0 aromatic heterocycles. The van der Waals surface area contributed by atoms with Crippen molar-refractivity contribution in [2.45, 2.75) is 13.0 Å². The number of nitrogens with two attached hydrogens (primary N) is 1. The van der Waals surface area contributed by atoms with E-state index in [0.29, 0.717) is 21.4 Å². The van der Waals surface area contributed by atoms with Crippen LogP contribution in [0.5, 0.6) is 0 Å². The maximum absolute atomic E-state index is 14.6. The summed E-state index contributed by atoms with van der Waals surface area (Å²) < 4.78 is 20.5. The molecule has 8 heteroatoms. The fraction of sp³-hybridized carbons (Fsp3) is 0.200. The number of hydrogen-bond donors (Lipinski definition) is 2. The number of carbonyl (C=O) groups is 2. The first kappa shape index (κ1) is 19.9. The van der Waals surface area contributed by atoms with E-state index < -0.39 is 18.0 Å². The van der Waals surface area contributed by atoms with Gasteiger partial charge in [0.15, 0.2) is 0 Å². The highest BCUT2D eigenvalue weighted by Crippen LogP contribution is 2.29. The topological polar surface area (TPSA) is 84.7 Å². The maximum Gasteiger partial charge on any atom is 0.414 e. The van der Waals surface area contributed by atoms with Crippen molar-refractivity contribution in [3.05, 3.63) is 59.4 Å². The van der Waals surface area contributed by atoms with Crippen LogP contribution in [0.15, 0.2) is 42.5 Å². The zero-order valence-corrected chi connectivity index (χ0v) is 16.7. The van der Waals surface area contributed by atoms with Gasteiger partial charge in [0.2, 0.25) is 5.91 Å². The second-order valence-electron chi connectivity index (χ2n) is 6.38. The molecule has 0 saturated carbocycles. The molecule has 3 N–H and O–H groups in total. The molecule has 0 aliphatic carbocycles. The molecule has 0 spiro atoms. The number of amides is 2. The molecule has 1 aliphatic rings. The molecule has 2 amide bonds. The molecule has 0 bridgehead atoms. The standard InChI is InChI=1S/C20H19BrFN3O3/c1-12(26)24-10-17-11-25(20(27)28-17)16-6-5-14(19(22)9-16)8-18(21)13-3-2-4-15(23)7-13/h2-9,17H,10-11,23H2,1H3,(H,24,26)/b18-8-/t17-/m0/s1. The molecule has 0 unspecified atom stereocenters. The van der Waals surface area contributed by atoms with E-state index in [1.165, 1.54) is 17.9 Å². The van der Waals surface area contributed by atoms with Gasteiger partial charge in [-0.3, -0.25) is 9.69 Å². The smallest absolute Gasteiger partial charge is 0.414 e. The molecule has 2 aromatic carbocycles. The summed E-state index contributed by atoms with van der Waals surface area (Å²) in [7, 11) is 0. The van der Waals surface area contributed by atoms with E-state index in [4.69, 9.17) is 10.5 Å². The normalized spacial score (nSPS) is 16.8. The van der Waals surface area contributed by atoms with Crippen LogP contribution in [-0.2, 0) is 9.53 Å². The van der Waals surface area contributed by atoms with E-state index >= 15 is 0 Å². The van der Waals surface area contributed by atoms with Gasteiger partial charge in [-0.05, 0) is 42.0 Å². The van der Waals surface area contributed by atoms with Gasteiger partial charge in [0.25, 0.3) is 0 Å². The second-order valence-corrected chi connectivity index (χ2v) is 7.23. The van der Waals surface area contributed by atoms with Gasteiger partial charge in [0.1, 0.15) is 11.9 Å². The number of benzene rings is 2. The Morgan fingerprint density at radius 1 is 1.39 bits per heavy atom. The summed E-state index contributed by atoms with van der Waals surface area (Å²) in [5.74, 6) is -0.682. The first-order chi connectivity index (χ1) is 13.3. The Labute approximate surface area is 170 Å². The predicted molar refractivity (Wildman–Crippen MR) is 110 cm³/mol. The lowest BCUT2D eigenvalue weighted by molar-refractivity contribution is -0.119. The second kappa shape index (κ2) is 8.43. The number of hydrogen-bond acceptors (Lipinski definition) is 4. The van der Waals surface area contributed by atoms with Gasteiger partial charge in [-0.25, -0.2) is 9.18 Å². The first-order valence-electron chi connectivity index (χ1n) is 8.58. The third-order valence-electron chi connectivity index (χ3n) is 4.19. The zero-order valence-electron chi connectivity index (χ0n) is 15.1. The molecule has 1 heterocycles. The van der Waals surface area contributed by atoms with Crippen LogP contribution in [0.25, 0.3) is 10.6 Å². The largest absolute Gasteiger partial charge is 0.442 e. The molecule has 0 radical (unpaired) electrons. The minimum Gasteiger partial charge on any atom is -0.442 e. The highest BCUT2D eigenvalue weighted by atomic mass is 79.9. The Kier molecular flexibility index (Phi) is 5.99. The Morgan fingerprint density at radius 2 is 2.18 bits per heavy atom. The number of halogens is 2. The fourth-order valence-corrected chi connectivity index (χ4v) is 3.30. The van der Waals surface area contributed by atoms with Gasteiger partial charge >= 0.3 is 6.09 Å². The van der Waals surface area contributed by atoms with E-state index in [9.17, 15) is 14.0 Å². The van der Waals surface area contributed by atoms with Crippen LogP contribution in [0, 0.1) is 5.82 Å². The molecule has 1 atom stereocenters. The van der Waals surface area contributed by atoms with Crippen LogP contribution in [0.4, 0.5) is 20.6 Å². The van der Waals surface area contributed by atoms with E-state index in [1.54, 1.807) is 30.3 Å². The van der Waals surface area contributed by atoms with Crippen molar-refractivity contribution in [1.29, 1.82) is 0 Å². The molecule has 6 nitrogen and oxygen atoms in total. The van der Waals surface area contributed by atoms with Crippen molar-refractivity contribution in [2.75, 3.05) is 23.7 Å². The maximum atomic E-state index is 14.6. The lowest BCUT2D eigenvalue weighted by Gasteiger charge is -2.14. The van der Waals surface area contributed by atoms with Gasteiger partial charge in [-0.2, -0.15) is 0 Å². The molecule has 3 rings (SSSR count). The van der Waals surface area contributed by atoms with E-state index in [1.807, 2.05) is 12.1 Å². The van der Waals surface area contributed by atoms with Crippen LogP contribution >= 0.6 is 15.9 Å². The van der Waals surface area contributed by atoms with E-state index in [2.05, 4.69) is 21.2 Å². The monoisotopic (exact) mass is 447 g/mol. The Balaban J connectivity index is 1.76. The van der Waals surface area contributed by atoms with Crippen molar-refractivity contribution in [3.63, 3.8) is 0 Å². The summed E-state index contributed by atoms with van der Waals surface area (Å²) in [4.78, 5) is 24.4. The van der Waals surface area contributed by atoms with Crippen molar-refractivity contribution in [1.82, 2.24) is 5.32 Å². The van der Waals surface area contributed by atoms with E-state index in [0.717, 1.165) is 5.56 Å². The van der Waals surface area contributed by atoms with Crippen LogP contribution in [0.2, 0.25) is 0 Å². The fourth-order valence-electron chi connectivity index (χ4n) is 2.80. The average molecular weight is 448 g/mol. The third-order valence-corrected chi connectivity index (χ3v) is 4.88. The van der Waals surface area contributed by atoms with Gasteiger partial charge in [0, 0.05) is 22.7 Å². The van der Waals surface area contributed by atoms with Gasteiger partial charge in [0.05, 0.1) is 18.8 Å². The summed E-state index contributed by atoms with van der Waals surface area (Å²) in [6, 6.07) is 11.8. The number of nitrogens with zero attached hydrogens (tertiary/aromatic N) is 1. The summed E-state index contributed by atoms with van der Waals surface area (Å²) in [6.07, 6.45) is 0.603. The number of ether oxygens (including phenoxy) is 1. The summed E-state index contributed by atoms with van der Waals surface area (Å²) in [5, 5.41) is 2.60. The summed E-state index contributed by atoms with van der Waals surface area (Å²) in [6.45, 7) is 1.84. The van der Waals surface area contributed by atoms with Crippen molar-refractivity contribution < 1.29 is 18.7 Å². The third kappa shape index (κ3) is 4.69. The number of nitrogens with one attached hydrogen (secondary N) is 1. The molecular weight excluding hydrogens is 429 g/mol. The summed E-state index contributed by atoms with van der Waals surface area (Å²) >= 11 is 3.44. The highest BCUT2D eigenvalue weighted by molar-refractivity contribution is 9.15. The molecule has 2 aromatic rings. The highest BCUT2D eigenvalue weighted by Gasteiger charge is 2.32. The SMILES string of the molecule is CC(=O)NC[C@H]1CN(c2ccc(/C=C(\Br)c3cccc(N)c3)c(F)c2)C(=O)O1. The molecule has 146 valence electrons. The van der Waals surface area contributed by atoms with E-state index in [-0.39, 0.29) is 19.0 Å². The van der Waals surface area contributed by atoms with Crippen molar-refractivity contribution >= 4 is 49.9 Å². The van der Waals surface area contributed by atoms with Gasteiger partial charge < -0.3 is 15.8 Å². The number of rotatable bonds is 5. The van der Waals surface area contributed by atoms with Crippen molar-refractivity contribution in [3.8, 4) is 0 Å². The number of nitrogen functional groups attached to an aromatic ring is 1. The van der Waals surface area contributed by atoms with Crippen LogP contribution in [-0.4, -0.2) is 31.2 Å². The Morgan fingerprint density at radius 3 is 2.86 bits per heavy atom. The minimum atomic E-state index is -0.570. The Bertz CT molecular complexity index is 948. The van der Waals surface area contributed by atoms with Crippen LogP contribution in [0.3, 0.4) is 0 Å². The lowest BCUT2D eigenvalue weighted by atomic mass is 10.1. The average Bonchev–Trinajstić information content (AvgIpc) is 3.02. The zero-order chi connectivity index (χ0) is 20.3. The van der Waals surface area contributed by atoms with Crippen molar-refractivity contribution in [2.24, 2.45) is 0 Å². The molecule has 1 saturated heterocycles. The van der Waals surface area contributed by atoms with Crippen LogP contribution in [0.1, 0.15) is 18.1 Å². The quantitative estimate of drug-likeness (QED) is 0.539. The predicted octanol–water partition coefficient (Wildman–Crippen LogP) is 3.76. The van der Waals surface area contributed by atoms with Crippen LogP contribution < -0.4 is 16.0 Å². The molecular formula is C20H19BrFN3O3. The van der Waals surface area contributed by atoms with Gasteiger partial charge in [-0.1, -0.05) is 28.1 Å².